The number of amides is 2. The number of anilines is 2. The van der Waals surface area contributed by atoms with Gasteiger partial charge in [0.2, 0.25) is 0 Å². The van der Waals surface area contributed by atoms with E-state index in [1.54, 1.807) is 24.3 Å². The molecule has 3 N–H and O–H groups in total. The fourth-order valence-corrected chi connectivity index (χ4v) is 7.72. The largest absolute Gasteiger partial charge is 0.481 e. The molecule has 326 valence electrons. The van der Waals surface area contributed by atoms with E-state index in [-0.39, 0.29) is 50.8 Å². The molecule has 2 amide bonds. The number of nitrogens with zero attached hydrogens (tertiary/aromatic N) is 4. The van der Waals surface area contributed by atoms with Gasteiger partial charge in [-0.2, -0.15) is 0 Å². The van der Waals surface area contributed by atoms with E-state index in [1.165, 1.54) is 7.11 Å². The molecule has 0 saturated carbocycles. The van der Waals surface area contributed by atoms with Gasteiger partial charge in [-0.1, -0.05) is 131 Å². The van der Waals surface area contributed by atoms with E-state index in [4.69, 9.17) is 51.5 Å². The van der Waals surface area contributed by atoms with Crippen LogP contribution in [-0.4, -0.2) is 55.9 Å². The molecule has 0 atom stereocenters. The highest BCUT2D eigenvalue weighted by atomic mass is 35.5. The van der Waals surface area contributed by atoms with Crippen molar-refractivity contribution in [1.29, 1.82) is 0 Å². The van der Waals surface area contributed by atoms with E-state index in [0.29, 0.717) is 52.6 Å². The Morgan fingerprint density at radius 1 is 0.508 bits per heavy atom. The van der Waals surface area contributed by atoms with Crippen LogP contribution in [0.3, 0.4) is 0 Å². The van der Waals surface area contributed by atoms with E-state index in [2.05, 4.69) is 35.3 Å². The Hall–Kier alpha value is -6.96. The van der Waals surface area contributed by atoms with Crippen LogP contribution in [0.4, 0.5) is 11.4 Å². The Bertz CT molecular complexity index is 3030. The number of carbonyl (C=O) groups excluding carboxylic acids is 3. The van der Waals surface area contributed by atoms with Gasteiger partial charge < -0.3 is 20.5 Å². The van der Waals surface area contributed by atoms with Crippen molar-refractivity contribution in [3.05, 3.63) is 199 Å². The van der Waals surface area contributed by atoms with E-state index < -0.39 is 11.9 Å². The normalized spacial score (nSPS) is 10.8. The minimum atomic E-state index is -1.06. The molecule has 2 heterocycles. The number of fused-ring (bicyclic) bond motifs is 2. The minimum absolute atomic E-state index is 0.0293. The lowest BCUT2D eigenvalue weighted by molar-refractivity contribution is -0.140. The van der Waals surface area contributed by atoms with E-state index in [9.17, 15) is 19.2 Å². The lowest BCUT2D eigenvalue weighted by Gasteiger charge is -2.09. The van der Waals surface area contributed by atoms with Crippen molar-refractivity contribution in [2.75, 3.05) is 17.7 Å². The maximum absolute atomic E-state index is 12.6. The molecule has 0 aliphatic heterocycles. The molecule has 8 rings (SSSR count). The number of benzene rings is 6. The number of methoxy groups -OCH3 is 1. The Morgan fingerprint density at radius 3 is 1.25 bits per heavy atom. The van der Waals surface area contributed by atoms with Crippen molar-refractivity contribution in [2.24, 2.45) is 0 Å². The second-order valence-electron chi connectivity index (χ2n) is 14.5. The highest BCUT2D eigenvalue weighted by Gasteiger charge is 2.17. The molecule has 0 radical (unpaired) electrons. The molecule has 65 heavy (non-hydrogen) atoms. The highest BCUT2D eigenvalue weighted by Crippen LogP contribution is 2.26. The monoisotopic (exact) mass is 944 g/mol. The summed E-state index contributed by atoms with van der Waals surface area (Å²) in [5.74, 6) is -1.12. The van der Waals surface area contributed by atoms with Crippen molar-refractivity contribution in [3.63, 3.8) is 0 Å². The molecule has 16 heteroatoms. The molecule has 0 spiro atoms. The third-order valence-electron chi connectivity index (χ3n) is 9.95. The van der Waals surface area contributed by atoms with Crippen LogP contribution in [0, 0.1) is 0 Å². The first-order valence-electron chi connectivity index (χ1n) is 19.8. The number of carboxylic acid groups (broad SMARTS) is 1. The SMILES string of the molecule is COC(=O)Cc1c(Cl)nc(Cc2ccc(NC(=O)c3ccc4ccccc4c3)cc2)nc1Cl.O=C(O)Cc1c(Cl)nc(Cc2ccc(NC(=O)c3ccc4ccccc4c3)cc2)nc1Cl. The summed E-state index contributed by atoms with van der Waals surface area (Å²) in [4.78, 5) is 64.5. The molecule has 0 fully saturated rings. The van der Waals surface area contributed by atoms with Crippen molar-refractivity contribution in [3.8, 4) is 0 Å². The zero-order valence-corrected chi connectivity index (χ0v) is 37.3. The lowest BCUT2D eigenvalue weighted by Crippen LogP contribution is -2.11. The number of halogens is 4. The molecular weight excluding hydrogens is 910 g/mol. The third kappa shape index (κ3) is 12.2. The van der Waals surface area contributed by atoms with Gasteiger partial charge in [-0.25, -0.2) is 19.9 Å². The van der Waals surface area contributed by atoms with Gasteiger partial charge in [0.25, 0.3) is 11.8 Å². The van der Waals surface area contributed by atoms with Gasteiger partial charge in [-0.05, 0) is 81.2 Å². The lowest BCUT2D eigenvalue weighted by atomic mass is 10.1. The first-order valence-corrected chi connectivity index (χ1v) is 21.3. The van der Waals surface area contributed by atoms with E-state index in [0.717, 1.165) is 32.7 Å². The first-order chi connectivity index (χ1) is 31.3. The first kappa shape index (κ1) is 46.0. The summed E-state index contributed by atoms with van der Waals surface area (Å²) in [6.07, 6.45) is 0.298. The Morgan fingerprint density at radius 2 is 0.877 bits per heavy atom. The second-order valence-corrected chi connectivity index (χ2v) is 15.9. The number of hydrogen-bond acceptors (Lipinski definition) is 9. The smallest absolute Gasteiger partial charge is 0.310 e. The van der Waals surface area contributed by atoms with Crippen molar-refractivity contribution in [2.45, 2.75) is 25.7 Å². The number of rotatable bonds is 12. The van der Waals surface area contributed by atoms with Crippen LogP contribution in [0.25, 0.3) is 21.5 Å². The van der Waals surface area contributed by atoms with Gasteiger partial charge in [0.15, 0.2) is 0 Å². The molecule has 6 aromatic carbocycles. The summed E-state index contributed by atoms with van der Waals surface area (Å²) in [6.45, 7) is 0. The van der Waals surface area contributed by atoms with Gasteiger partial charge in [0.05, 0.1) is 20.0 Å². The fourth-order valence-electron chi connectivity index (χ4n) is 6.61. The highest BCUT2D eigenvalue weighted by molar-refractivity contribution is 6.35. The molecule has 8 aromatic rings. The van der Waals surface area contributed by atoms with Crippen LogP contribution in [0.5, 0.6) is 0 Å². The third-order valence-corrected chi connectivity index (χ3v) is 11.2. The Kier molecular flexibility index (Phi) is 15.0. The Labute approximate surface area is 392 Å². The van der Waals surface area contributed by atoms with Crippen LogP contribution in [0.1, 0.15) is 54.6 Å². The maximum Gasteiger partial charge on any atom is 0.310 e. The number of aromatic nitrogens is 4. The molecule has 0 unspecified atom stereocenters. The van der Waals surface area contributed by atoms with Crippen LogP contribution in [0.2, 0.25) is 20.6 Å². The number of nitrogens with one attached hydrogen (secondary N) is 2. The molecular formula is C49H36Cl4N6O6. The summed E-state index contributed by atoms with van der Waals surface area (Å²) in [5, 5.41) is 19.2. The number of aliphatic carboxylic acids is 1. The fraction of sp³-hybridized carbons (Fsp3) is 0.102. The van der Waals surface area contributed by atoms with Crippen LogP contribution in [0.15, 0.2) is 133 Å². The number of carbonyl (C=O) groups is 4. The van der Waals surface area contributed by atoms with Gasteiger partial charge in [0.1, 0.15) is 32.3 Å². The molecule has 12 nitrogen and oxygen atoms in total. The number of carboxylic acids is 1. The summed E-state index contributed by atoms with van der Waals surface area (Å²) in [7, 11) is 1.28. The Balaban J connectivity index is 0.000000194. The van der Waals surface area contributed by atoms with Crippen LogP contribution >= 0.6 is 46.4 Å². The number of esters is 1. The zero-order valence-electron chi connectivity index (χ0n) is 34.3. The molecule has 2 aromatic heterocycles. The average molecular weight is 947 g/mol. The van der Waals surface area contributed by atoms with Crippen molar-refractivity contribution in [1.82, 2.24) is 19.9 Å². The standard InChI is InChI=1S/C25H19Cl2N3O3.C24H17Cl2N3O3/c1-33-22(31)14-20-23(26)29-21(30-24(20)27)12-15-6-10-19(11-7-15)28-25(32)18-9-8-16-4-2-3-5-17(16)13-18;25-22-19(13-21(30)31)23(26)29-20(28-22)11-14-5-9-18(10-6-14)27-24(32)17-8-7-15-3-1-2-4-16(15)12-17/h2-11,13H,12,14H2,1H3,(H,28,32);1-10,12H,11,13H2,(H,27,32)(H,30,31). The quantitative estimate of drug-likeness (QED) is 0.0790. The van der Waals surface area contributed by atoms with Gasteiger partial charge in [-0.3, -0.25) is 19.2 Å². The second kappa shape index (κ2) is 21.1. The molecule has 0 aliphatic rings. The summed E-state index contributed by atoms with van der Waals surface area (Å²) in [5.41, 5.74) is 4.80. The van der Waals surface area contributed by atoms with Gasteiger partial charge >= 0.3 is 11.9 Å². The number of hydrogen-bond donors (Lipinski definition) is 3. The van der Waals surface area contributed by atoms with Crippen molar-refractivity contribution < 1.29 is 29.0 Å². The van der Waals surface area contributed by atoms with Gasteiger partial charge in [-0.15, -0.1) is 0 Å². The van der Waals surface area contributed by atoms with Gasteiger partial charge in [0, 0.05) is 46.5 Å². The van der Waals surface area contributed by atoms with E-state index in [1.807, 2.05) is 109 Å². The zero-order chi connectivity index (χ0) is 46.0. The molecule has 0 saturated heterocycles. The maximum atomic E-state index is 12.6. The number of ether oxygens (including phenoxy) is 1. The predicted octanol–water partition coefficient (Wildman–Crippen LogP) is 10.9. The molecule has 0 aliphatic carbocycles. The average Bonchev–Trinajstić information content (AvgIpc) is 3.30. The summed E-state index contributed by atoms with van der Waals surface area (Å²) >= 11 is 24.5. The van der Waals surface area contributed by atoms with Crippen molar-refractivity contribution >= 4 is 103 Å². The topological polar surface area (TPSA) is 173 Å². The minimum Gasteiger partial charge on any atom is -0.481 e. The van der Waals surface area contributed by atoms with Crippen LogP contribution < -0.4 is 10.6 Å². The van der Waals surface area contributed by atoms with E-state index >= 15 is 0 Å². The summed E-state index contributed by atoms with van der Waals surface area (Å²) in [6, 6.07) is 41.5. The molecule has 0 bridgehead atoms. The summed E-state index contributed by atoms with van der Waals surface area (Å²) < 4.78 is 4.63. The van der Waals surface area contributed by atoms with Crippen LogP contribution in [-0.2, 0) is 40.0 Å². The predicted molar refractivity (Wildman–Crippen MR) is 253 cm³/mol.